The molecule has 4 aliphatic heterocycles. The zero-order chi connectivity index (χ0) is 45.3. The zero-order valence-corrected chi connectivity index (χ0v) is 38.6. The molecule has 4 aliphatic rings. The molecule has 344 valence electrons. The fourth-order valence-corrected chi connectivity index (χ4v) is 10.4. The molecule has 4 heterocycles. The highest BCUT2D eigenvalue weighted by Gasteiger charge is 2.41. The van der Waals surface area contributed by atoms with Crippen LogP contribution in [0.15, 0.2) is 66.7 Å². The third kappa shape index (κ3) is 11.8. The van der Waals surface area contributed by atoms with Gasteiger partial charge in [0.25, 0.3) is 0 Å². The SMILES string of the molecule is COc1ccc2c(c1)C[C@@H](C(=O)N(C)c1cccc(OCCOc3ccc(NC(=O)NC4NC(CC(=O)N5CCN(C)CC5)CS4)cc3)c1)N(C(=O)CSC1NC(=O)NCC1C)[C@H]2C. The first-order valence-electron chi connectivity index (χ1n) is 21.6. The Kier molecular flexibility index (Phi) is 15.7. The molecule has 19 heteroatoms. The zero-order valence-electron chi connectivity index (χ0n) is 37.0. The Morgan fingerprint density at radius 2 is 1.66 bits per heavy atom. The highest BCUT2D eigenvalue weighted by molar-refractivity contribution is 8.00. The number of hydrogen-bond acceptors (Lipinski definition) is 12. The van der Waals surface area contributed by atoms with Crippen LogP contribution < -0.4 is 45.7 Å². The number of carbonyl (C=O) groups excluding carboxylic acids is 5. The van der Waals surface area contributed by atoms with E-state index in [2.05, 4.69) is 38.5 Å². The third-order valence-electron chi connectivity index (χ3n) is 12.0. The number of thioether (sulfide) groups is 2. The number of anilines is 2. The minimum atomic E-state index is -0.784. The summed E-state index contributed by atoms with van der Waals surface area (Å²) in [5.74, 6) is 2.50. The maximum Gasteiger partial charge on any atom is 0.321 e. The van der Waals surface area contributed by atoms with Gasteiger partial charge in [0.1, 0.15) is 42.0 Å². The van der Waals surface area contributed by atoms with Crippen molar-refractivity contribution in [3.63, 3.8) is 0 Å². The summed E-state index contributed by atoms with van der Waals surface area (Å²) in [4.78, 5) is 73.4. The first-order chi connectivity index (χ1) is 30.8. The van der Waals surface area contributed by atoms with Crippen LogP contribution in [0.3, 0.4) is 0 Å². The van der Waals surface area contributed by atoms with Gasteiger partial charge in [-0.15, -0.1) is 23.5 Å². The van der Waals surface area contributed by atoms with Crippen molar-refractivity contribution in [1.29, 1.82) is 0 Å². The molecule has 6 atom stereocenters. The maximum atomic E-state index is 14.4. The van der Waals surface area contributed by atoms with Gasteiger partial charge >= 0.3 is 12.1 Å². The van der Waals surface area contributed by atoms with Gasteiger partial charge in [-0.1, -0.05) is 19.1 Å². The number of nitrogens with one attached hydrogen (secondary N) is 5. The number of benzene rings is 3. The number of hydrogen-bond donors (Lipinski definition) is 5. The molecule has 3 aromatic rings. The van der Waals surface area contributed by atoms with Crippen LogP contribution in [0.2, 0.25) is 0 Å². The number of amides is 7. The van der Waals surface area contributed by atoms with Crippen LogP contribution in [-0.4, -0.2) is 146 Å². The normalized spacial score (nSPS) is 23.2. The molecule has 64 heavy (non-hydrogen) atoms. The summed E-state index contributed by atoms with van der Waals surface area (Å²) in [5.41, 5.74) is 2.81. The Morgan fingerprint density at radius 1 is 0.922 bits per heavy atom. The van der Waals surface area contributed by atoms with E-state index in [9.17, 15) is 24.0 Å². The topological polar surface area (TPSA) is 186 Å². The average molecular weight is 918 g/mol. The van der Waals surface area contributed by atoms with Crippen molar-refractivity contribution in [3.8, 4) is 17.2 Å². The highest BCUT2D eigenvalue weighted by atomic mass is 32.2. The fraction of sp³-hybridized carbons (Fsp3) is 0.489. The number of piperazine rings is 1. The quantitative estimate of drug-likeness (QED) is 0.139. The summed E-state index contributed by atoms with van der Waals surface area (Å²) in [6.07, 6.45) is 0.724. The molecule has 4 unspecified atom stereocenters. The van der Waals surface area contributed by atoms with E-state index in [1.165, 1.54) is 11.8 Å². The molecular weight excluding hydrogens is 859 g/mol. The molecule has 0 bridgehead atoms. The lowest BCUT2D eigenvalue weighted by Crippen LogP contribution is -2.56. The number of carbonyl (C=O) groups is 5. The molecule has 7 rings (SSSR count). The first kappa shape index (κ1) is 46.6. The Morgan fingerprint density at radius 3 is 2.41 bits per heavy atom. The van der Waals surface area contributed by atoms with Gasteiger partial charge in [0.15, 0.2) is 0 Å². The van der Waals surface area contributed by atoms with Crippen molar-refractivity contribution in [3.05, 3.63) is 77.9 Å². The van der Waals surface area contributed by atoms with Crippen LogP contribution >= 0.6 is 23.5 Å². The Balaban J connectivity index is 0.878. The van der Waals surface area contributed by atoms with Crippen molar-refractivity contribution in [2.45, 2.75) is 55.7 Å². The second kappa shape index (κ2) is 21.5. The molecule has 3 fully saturated rings. The lowest BCUT2D eigenvalue weighted by atomic mass is 9.88. The minimum Gasteiger partial charge on any atom is -0.497 e. The van der Waals surface area contributed by atoms with Gasteiger partial charge in [0, 0.05) is 87.8 Å². The standard InChI is InChI=1S/C45H59N9O8S2/c1-28-25-46-43(58)49-41(28)63-27-40(56)54-29(2)37-14-13-35(60-5)21-30(37)22-38(54)42(57)52(4)33-7-6-8-36(24-33)62-20-19-61-34-11-9-31(10-12-34)47-44(59)50-45-48-32(26-64-45)23-39(55)53-17-15-51(3)16-18-53/h6-14,21,24,28-29,32,38,41,45,48H,15-20,22-23,25-27H2,1-5H3,(H2,46,49,58)(H2,47,50,59)/t28?,29-,32?,38-,41?,45?/m0/s1. The van der Waals surface area contributed by atoms with Gasteiger partial charge < -0.3 is 55.1 Å². The van der Waals surface area contributed by atoms with Crippen LogP contribution in [0.4, 0.5) is 21.0 Å². The predicted molar refractivity (Wildman–Crippen MR) is 249 cm³/mol. The Hall–Kier alpha value is -5.37. The smallest absolute Gasteiger partial charge is 0.321 e. The molecule has 0 spiro atoms. The van der Waals surface area contributed by atoms with E-state index in [0.29, 0.717) is 48.0 Å². The second-order valence-corrected chi connectivity index (χ2v) is 18.8. The van der Waals surface area contributed by atoms with Gasteiger partial charge in [-0.05, 0) is 73.6 Å². The summed E-state index contributed by atoms with van der Waals surface area (Å²) in [6, 6.07) is 18.2. The van der Waals surface area contributed by atoms with Gasteiger partial charge in [0.2, 0.25) is 17.7 Å². The maximum absolute atomic E-state index is 14.4. The van der Waals surface area contributed by atoms with Crippen molar-refractivity contribution in [2.24, 2.45) is 5.92 Å². The lowest BCUT2D eigenvalue weighted by molar-refractivity contribution is -0.140. The summed E-state index contributed by atoms with van der Waals surface area (Å²) in [5, 5.41) is 14.6. The molecule has 7 amide bonds. The van der Waals surface area contributed by atoms with Crippen LogP contribution in [-0.2, 0) is 20.8 Å². The average Bonchev–Trinajstić information content (AvgIpc) is 3.73. The van der Waals surface area contributed by atoms with E-state index >= 15 is 0 Å². The number of rotatable bonds is 15. The Bertz CT molecular complexity index is 2140. The van der Waals surface area contributed by atoms with Crippen LogP contribution in [0.1, 0.15) is 37.4 Å². The molecule has 5 N–H and O–H groups in total. The van der Waals surface area contributed by atoms with Crippen LogP contribution in [0, 0.1) is 5.92 Å². The van der Waals surface area contributed by atoms with Gasteiger partial charge in [-0.2, -0.15) is 0 Å². The van der Waals surface area contributed by atoms with Gasteiger partial charge in [-0.3, -0.25) is 19.7 Å². The van der Waals surface area contributed by atoms with E-state index < -0.39 is 6.04 Å². The van der Waals surface area contributed by atoms with E-state index in [4.69, 9.17) is 14.2 Å². The van der Waals surface area contributed by atoms with Crippen molar-refractivity contribution >= 4 is 64.7 Å². The molecule has 0 aliphatic carbocycles. The number of fused-ring (bicyclic) bond motifs is 1. The van der Waals surface area contributed by atoms with E-state index in [1.807, 2.05) is 49.1 Å². The van der Waals surface area contributed by atoms with Gasteiger partial charge in [0.05, 0.1) is 24.3 Å². The van der Waals surface area contributed by atoms with Crippen molar-refractivity contribution < 1.29 is 38.2 Å². The van der Waals surface area contributed by atoms with Crippen molar-refractivity contribution in [2.75, 3.05) is 88.9 Å². The Labute approximate surface area is 383 Å². The molecule has 0 aromatic heterocycles. The monoisotopic (exact) mass is 917 g/mol. The molecule has 0 saturated carbocycles. The first-order valence-corrected chi connectivity index (χ1v) is 23.7. The molecule has 0 radical (unpaired) electrons. The summed E-state index contributed by atoms with van der Waals surface area (Å²) >= 11 is 2.94. The number of nitrogens with zero attached hydrogens (tertiary/aromatic N) is 4. The molecule has 17 nitrogen and oxygen atoms in total. The number of likely N-dealkylation sites (N-methyl/N-ethyl adjacent to an activating group) is 2. The highest BCUT2D eigenvalue weighted by Crippen LogP contribution is 2.37. The minimum absolute atomic E-state index is 0.000119. The molecular formula is C45H59N9O8S2. The predicted octanol–water partition coefficient (Wildman–Crippen LogP) is 3.91. The summed E-state index contributed by atoms with van der Waals surface area (Å²) < 4.78 is 17.4. The van der Waals surface area contributed by atoms with Crippen LogP contribution in [0.5, 0.6) is 17.2 Å². The van der Waals surface area contributed by atoms with E-state index in [0.717, 1.165) is 43.1 Å². The number of urea groups is 2. The van der Waals surface area contributed by atoms with Crippen molar-refractivity contribution in [1.82, 2.24) is 36.0 Å². The summed E-state index contributed by atoms with van der Waals surface area (Å²) in [6.45, 7) is 8.21. The lowest BCUT2D eigenvalue weighted by Gasteiger charge is -2.42. The number of ether oxygens (including phenoxy) is 3. The van der Waals surface area contributed by atoms with Gasteiger partial charge in [-0.25, -0.2) is 9.59 Å². The van der Waals surface area contributed by atoms with Crippen LogP contribution in [0.25, 0.3) is 0 Å². The third-order valence-corrected chi connectivity index (χ3v) is 14.5. The molecule has 3 aromatic carbocycles. The fourth-order valence-electron chi connectivity index (χ4n) is 8.23. The second-order valence-electron chi connectivity index (χ2n) is 16.5. The largest absolute Gasteiger partial charge is 0.497 e. The summed E-state index contributed by atoms with van der Waals surface area (Å²) in [7, 11) is 5.36. The molecule has 3 saturated heterocycles. The van der Waals surface area contributed by atoms with E-state index in [-0.39, 0.29) is 77.6 Å². The number of methoxy groups -OCH3 is 1. The van der Waals surface area contributed by atoms with E-state index in [1.54, 1.807) is 72.1 Å².